The van der Waals surface area contributed by atoms with Crippen molar-refractivity contribution in [3.05, 3.63) is 33.9 Å². The molecule has 0 heterocycles. The lowest BCUT2D eigenvalue weighted by Gasteiger charge is -2.13. The van der Waals surface area contributed by atoms with Crippen LogP contribution in [-0.2, 0) is 4.74 Å². The molecule has 0 fully saturated rings. The van der Waals surface area contributed by atoms with Crippen LogP contribution >= 0.6 is 0 Å². The largest absolute Gasteiger partial charge is 0.462 e. The second-order valence-corrected chi connectivity index (χ2v) is 3.84. The number of rotatable bonds is 2. The van der Waals surface area contributed by atoms with E-state index in [9.17, 15) is 4.79 Å². The zero-order valence-corrected chi connectivity index (χ0v) is 10.1. The molecule has 2 heteroatoms. The van der Waals surface area contributed by atoms with Crippen molar-refractivity contribution in [1.29, 1.82) is 0 Å². The fourth-order valence-corrected chi connectivity index (χ4v) is 1.63. The van der Waals surface area contributed by atoms with Crippen molar-refractivity contribution in [3.63, 3.8) is 0 Å². The second-order valence-electron chi connectivity index (χ2n) is 3.84. The van der Waals surface area contributed by atoms with Gasteiger partial charge in [-0.15, -0.1) is 0 Å². The molecule has 1 rings (SSSR count). The number of ether oxygens (including phenoxy) is 1. The van der Waals surface area contributed by atoms with Crippen LogP contribution in [-0.4, -0.2) is 12.6 Å². The van der Waals surface area contributed by atoms with Crippen LogP contribution in [0.2, 0.25) is 0 Å². The summed E-state index contributed by atoms with van der Waals surface area (Å²) in [6.07, 6.45) is 0. The zero-order chi connectivity index (χ0) is 11.6. The van der Waals surface area contributed by atoms with Crippen molar-refractivity contribution >= 4 is 5.97 Å². The monoisotopic (exact) mass is 206 g/mol. The van der Waals surface area contributed by atoms with Gasteiger partial charge in [0.05, 0.1) is 12.2 Å². The lowest BCUT2D eigenvalue weighted by molar-refractivity contribution is 0.0525. The molecule has 1 aromatic carbocycles. The van der Waals surface area contributed by atoms with Crippen LogP contribution < -0.4 is 0 Å². The molecular weight excluding hydrogens is 188 g/mol. The van der Waals surface area contributed by atoms with Gasteiger partial charge in [-0.3, -0.25) is 0 Å². The summed E-state index contributed by atoms with van der Waals surface area (Å²) < 4.78 is 5.02. The van der Waals surface area contributed by atoms with Crippen molar-refractivity contribution in [3.8, 4) is 0 Å². The topological polar surface area (TPSA) is 26.3 Å². The van der Waals surface area contributed by atoms with E-state index in [1.165, 1.54) is 11.1 Å². The van der Waals surface area contributed by atoms with E-state index in [-0.39, 0.29) is 5.97 Å². The molecule has 0 unspecified atom stereocenters. The van der Waals surface area contributed by atoms with Gasteiger partial charge < -0.3 is 4.74 Å². The molecule has 1 aromatic rings. The molecule has 0 spiro atoms. The Kier molecular flexibility index (Phi) is 3.51. The third kappa shape index (κ3) is 2.20. The minimum Gasteiger partial charge on any atom is -0.462 e. The minimum atomic E-state index is -0.221. The molecular formula is C13H18O2. The van der Waals surface area contributed by atoms with Gasteiger partial charge in [-0.05, 0) is 62.9 Å². The first kappa shape index (κ1) is 11.8. The molecule has 0 aliphatic rings. The van der Waals surface area contributed by atoms with Crippen LogP contribution in [0.15, 0.2) is 6.07 Å². The average Bonchev–Trinajstić information content (AvgIpc) is 2.20. The first-order valence-electron chi connectivity index (χ1n) is 5.23. The number of aryl methyl sites for hydroxylation is 1. The molecule has 15 heavy (non-hydrogen) atoms. The van der Waals surface area contributed by atoms with Crippen molar-refractivity contribution < 1.29 is 9.53 Å². The Morgan fingerprint density at radius 1 is 1.13 bits per heavy atom. The van der Waals surface area contributed by atoms with Crippen LogP contribution in [0.3, 0.4) is 0 Å². The predicted octanol–water partition coefficient (Wildman–Crippen LogP) is 3.10. The van der Waals surface area contributed by atoms with E-state index in [0.29, 0.717) is 12.2 Å². The summed E-state index contributed by atoms with van der Waals surface area (Å²) >= 11 is 0. The van der Waals surface area contributed by atoms with E-state index in [2.05, 4.69) is 6.92 Å². The first-order chi connectivity index (χ1) is 6.99. The van der Waals surface area contributed by atoms with Gasteiger partial charge >= 0.3 is 5.97 Å². The number of hydrogen-bond donors (Lipinski definition) is 0. The summed E-state index contributed by atoms with van der Waals surface area (Å²) in [5.74, 6) is -0.221. The molecule has 0 N–H and O–H groups in total. The number of benzene rings is 1. The fourth-order valence-electron chi connectivity index (χ4n) is 1.63. The third-order valence-electron chi connectivity index (χ3n) is 2.98. The highest BCUT2D eigenvalue weighted by Gasteiger charge is 2.14. The minimum absolute atomic E-state index is 0.221. The Hall–Kier alpha value is -1.31. The third-order valence-corrected chi connectivity index (χ3v) is 2.98. The Labute approximate surface area is 91.3 Å². The van der Waals surface area contributed by atoms with Gasteiger partial charge in [0.15, 0.2) is 0 Å². The summed E-state index contributed by atoms with van der Waals surface area (Å²) in [6.45, 7) is 10.3. The van der Waals surface area contributed by atoms with Crippen LogP contribution in [0.25, 0.3) is 0 Å². The van der Waals surface area contributed by atoms with Crippen LogP contribution in [0.4, 0.5) is 0 Å². The summed E-state index contributed by atoms with van der Waals surface area (Å²) in [5.41, 5.74) is 5.29. The van der Waals surface area contributed by atoms with Crippen molar-refractivity contribution in [2.24, 2.45) is 0 Å². The van der Waals surface area contributed by atoms with Gasteiger partial charge in [-0.2, -0.15) is 0 Å². The Balaban J connectivity index is 3.26. The highest BCUT2D eigenvalue weighted by Crippen LogP contribution is 2.21. The van der Waals surface area contributed by atoms with E-state index >= 15 is 0 Å². The van der Waals surface area contributed by atoms with Crippen molar-refractivity contribution in [2.75, 3.05) is 6.61 Å². The van der Waals surface area contributed by atoms with Gasteiger partial charge in [0.1, 0.15) is 0 Å². The van der Waals surface area contributed by atoms with E-state index in [0.717, 1.165) is 11.1 Å². The maximum atomic E-state index is 11.7. The van der Waals surface area contributed by atoms with Gasteiger partial charge in [-0.25, -0.2) is 4.79 Å². The summed E-state index contributed by atoms with van der Waals surface area (Å²) in [5, 5.41) is 0. The number of carbonyl (C=O) groups excluding carboxylic acids is 1. The number of esters is 1. The van der Waals surface area contributed by atoms with E-state index in [1.54, 1.807) is 0 Å². The Morgan fingerprint density at radius 3 is 2.27 bits per heavy atom. The molecule has 0 aliphatic carbocycles. The van der Waals surface area contributed by atoms with Gasteiger partial charge in [0.2, 0.25) is 0 Å². The van der Waals surface area contributed by atoms with Crippen LogP contribution in [0.5, 0.6) is 0 Å². The molecule has 2 nitrogen and oxygen atoms in total. The maximum Gasteiger partial charge on any atom is 0.338 e. The smallest absolute Gasteiger partial charge is 0.338 e. The number of carbonyl (C=O) groups is 1. The maximum absolute atomic E-state index is 11.7. The SMILES string of the molecule is CCOC(=O)c1cc(C)c(C)c(C)c1C. The van der Waals surface area contributed by atoms with E-state index in [1.807, 2.05) is 33.8 Å². The Bertz CT molecular complexity index is 392. The molecule has 0 saturated heterocycles. The van der Waals surface area contributed by atoms with Gasteiger partial charge in [0, 0.05) is 0 Å². The zero-order valence-electron chi connectivity index (χ0n) is 10.1. The Morgan fingerprint density at radius 2 is 1.73 bits per heavy atom. The highest BCUT2D eigenvalue weighted by molar-refractivity contribution is 5.91. The number of hydrogen-bond acceptors (Lipinski definition) is 2. The summed E-state index contributed by atoms with van der Waals surface area (Å²) in [6, 6.07) is 1.91. The lowest BCUT2D eigenvalue weighted by Crippen LogP contribution is -2.09. The molecule has 0 atom stereocenters. The second kappa shape index (κ2) is 4.47. The average molecular weight is 206 g/mol. The highest BCUT2D eigenvalue weighted by atomic mass is 16.5. The molecule has 82 valence electrons. The molecule has 0 bridgehead atoms. The lowest BCUT2D eigenvalue weighted by atomic mass is 9.95. The standard InChI is InChI=1S/C13H18O2/c1-6-15-13(14)12-7-8(2)9(3)10(4)11(12)5/h7H,6H2,1-5H3. The molecule has 0 saturated carbocycles. The van der Waals surface area contributed by atoms with E-state index < -0.39 is 0 Å². The molecule has 0 aromatic heterocycles. The van der Waals surface area contributed by atoms with Gasteiger partial charge in [0.25, 0.3) is 0 Å². The van der Waals surface area contributed by atoms with Crippen LogP contribution in [0.1, 0.15) is 39.5 Å². The fraction of sp³-hybridized carbons (Fsp3) is 0.462. The summed E-state index contributed by atoms with van der Waals surface area (Å²) in [4.78, 5) is 11.7. The summed E-state index contributed by atoms with van der Waals surface area (Å²) in [7, 11) is 0. The predicted molar refractivity (Wildman–Crippen MR) is 61.3 cm³/mol. The first-order valence-corrected chi connectivity index (χ1v) is 5.23. The normalized spacial score (nSPS) is 10.2. The van der Waals surface area contributed by atoms with Crippen molar-refractivity contribution in [2.45, 2.75) is 34.6 Å². The van der Waals surface area contributed by atoms with Crippen molar-refractivity contribution in [1.82, 2.24) is 0 Å². The van der Waals surface area contributed by atoms with Gasteiger partial charge in [-0.1, -0.05) is 0 Å². The molecule has 0 amide bonds. The molecule has 0 aliphatic heterocycles. The van der Waals surface area contributed by atoms with Crippen LogP contribution in [0, 0.1) is 27.7 Å². The van der Waals surface area contributed by atoms with E-state index in [4.69, 9.17) is 4.74 Å². The quantitative estimate of drug-likeness (QED) is 0.695. The molecule has 0 radical (unpaired) electrons.